The SMILES string of the molecule is CCOCC.O/N=C\c1ccccc1. The Morgan fingerprint density at radius 2 is 1.79 bits per heavy atom. The van der Waals surface area contributed by atoms with Gasteiger partial charge in [-0.3, -0.25) is 0 Å². The average molecular weight is 195 g/mol. The number of rotatable bonds is 3. The van der Waals surface area contributed by atoms with Gasteiger partial charge in [0.1, 0.15) is 0 Å². The van der Waals surface area contributed by atoms with E-state index in [0.29, 0.717) is 0 Å². The van der Waals surface area contributed by atoms with Crippen molar-refractivity contribution in [2.24, 2.45) is 5.16 Å². The van der Waals surface area contributed by atoms with Crippen LogP contribution in [0.4, 0.5) is 0 Å². The van der Waals surface area contributed by atoms with E-state index in [-0.39, 0.29) is 0 Å². The fraction of sp³-hybridized carbons (Fsp3) is 0.364. The predicted molar refractivity (Wildman–Crippen MR) is 58.0 cm³/mol. The Hall–Kier alpha value is -1.35. The van der Waals surface area contributed by atoms with Crippen molar-refractivity contribution in [1.82, 2.24) is 0 Å². The largest absolute Gasteiger partial charge is 0.411 e. The normalized spacial score (nSPS) is 9.57. The molecule has 0 radical (unpaired) electrons. The number of hydrogen-bond donors (Lipinski definition) is 1. The molecule has 1 N–H and O–H groups in total. The van der Waals surface area contributed by atoms with Crippen LogP contribution in [-0.2, 0) is 4.74 Å². The van der Waals surface area contributed by atoms with Crippen molar-refractivity contribution in [3.8, 4) is 0 Å². The molecule has 1 aromatic carbocycles. The molecule has 0 spiro atoms. The highest BCUT2D eigenvalue weighted by Crippen LogP contribution is 1.92. The van der Waals surface area contributed by atoms with E-state index in [1.54, 1.807) is 0 Å². The van der Waals surface area contributed by atoms with Gasteiger partial charge in [0, 0.05) is 13.2 Å². The van der Waals surface area contributed by atoms with Crippen LogP contribution in [0.5, 0.6) is 0 Å². The Morgan fingerprint density at radius 3 is 2.14 bits per heavy atom. The average Bonchev–Trinajstić information content (AvgIpc) is 2.22. The smallest absolute Gasteiger partial charge is 0.0733 e. The van der Waals surface area contributed by atoms with E-state index >= 15 is 0 Å². The van der Waals surface area contributed by atoms with Crippen LogP contribution in [0.15, 0.2) is 35.5 Å². The Labute approximate surface area is 85.0 Å². The zero-order valence-corrected chi connectivity index (χ0v) is 8.68. The second-order valence-electron chi connectivity index (χ2n) is 2.44. The number of ether oxygens (including phenoxy) is 1. The first kappa shape index (κ1) is 12.7. The minimum Gasteiger partial charge on any atom is -0.411 e. The highest BCUT2D eigenvalue weighted by molar-refractivity contribution is 5.78. The van der Waals surface area contributed by atoms with Crippen molar-refractivity contribution < 1.29 is 9.94 Å². The van der Waals surface area contributed by atoms with Crippen molar-refractivity contribution in [1.29, 1.82) is 0 Å². The lowest BCUT2D eigenvalue weighted by Crippen LogP contribution is -1.84. The van der Waals surface area contributed by atoms with Gasteiger partial charge >= 0.3 is 0 Å². The molecule has 0 bridgehead atoms. The second kappa shape index (κ2) is 9.74. The first-order valence-electron chi connectivity index (χ1n) is 4.65. The molecule has 0 aliphatic rings. The number of oxime groups is 1. The van der Waals surface area contributed by atoms with E-state index in [2.05, 4.69) is 5.16 Å². The summed E-state index contributed by atoms with van der Waals surface area (Å²) in [5, 5.41) is 11.0. The Bertz CT molecular complexity index is 232. The van der Waals surface area contributed by atoms with Gasteiger partial charge in [-0.25, -0.2) is 0 Å². The molecule has 1 aromatic rings. The first-order chi connectivity index (χ1) is 6.85. The van der Waals surface area contributed by atoms with E-state index in [0.717, 1.165) is 18.8 Å². The number of hydrogen-bond acceptors (Lipinski definition) is 3. The van der Waals surface area contributed by atoms with Crippen LogP contribution in [0.25, 0.3) is 0 Å². The molecular weight excluding hydrogens is 178 g/mol. The molecule has 0 fully saturated rings. The van der Waals surface area contributed by atoms with Gasteiger partial charge < -0.3 is 9.94 Å². The van der Waals surface area contributed by atoms with Gasteiger partial charge in [0.25, 0.3) is 0 Å². The third-order valence-corrected chi connectivity index (χ3v) is 1.41. The molecule has 78 valence electrons. The van der Waals surface area contributed by atoms with Crippen molar-refractivity contribution >= 4 is 6.21 Å². The molecule has 1 rings (SSSR count). The molecular formula is C11H17NO2. The summed E-state index contributed by atoms with van der Waals surface area (Å²) in [4.78, 5) is 0. The van der Waals surface area contributed by atoms with E-state index in [4.69, 9.17) is 9.94 Å². The number of benzene rings is 1. The van der Waals surface area contributed by atoms with Crippen LogP contribution in [0, 0.1) is 0 Å². The predicted octanol–water partition coefficient (Wildman–Crippen LogP) is 2.54. The van der Waals surface area contributed by atoms with Crippen molar-refractivity contribution in [3.05, 3.63) is 35.9 Å². The third-order valence-electron chi connectivity index (χ3n) is 1.41. The van der Waals surface area contributed by atoms with Gasteiger partial charge in [-0.15, -0.1) is 0 Å². The molecule has 0 unspecified atom stereocenters. The molecule has 3 nitrogen and oxygen atoms in total. The van der Waals surface area contributed by atoms with Crippen LogP contribution in [0.2, 0.25) is 0 Å². The lowest BCUT2D eigenvalue weighted by atomic mass is 10.2. The first-order valence-corrected chi connectivity index (χ1v) is 4.65. The molecule has 0 atom stereocenters. The van der Waals surface area contributed by atoms with E-state index < -0.39 is 0 Å². The Morgan fingerprint density at radius 1 is 1.21 bits per heavy atom. The molecule has 0 heterocycles. The maximum absolute atomic E-state index is 8.09. The third kappa shape index (κ3) is 7.31. The molecule has 0 aliphatic carbocycles. The van der Waals surface area contributed by atoms with Gasteiger partial charge in [-0.05, 0) is 19.4 Å². The summed E-state index contributed by atoms with van der Waals surface area (Å²) in [6, 6.07) is 9.40. The summed E-state index contributed by atoms with van der Waals surface area (Å²) in [5.74, 6) is 0. The van der Waals surface area contributed by atoms with Gasteiger partial charge in [0.15, 0.2) is 0 Å². The topological polar surface area (TPSA) is 41.8 Å². The van der Waals surface area contributed by atoms with Gasteiger partial charge in [-0.1, -0.05) is 35.5 Å². The Balaban J connectivity index is 0.000000292. The van der Waals surface area contributed by atoms with Gasteiger partial charge in [0.2, 0.25) is 0 Å². The van der Waals surface area contributed by atoms with Gasteiger partial charge in [0.05, 0.1) is 6.21 Å². The lowest BCUT2D eigenvalue weighted by molar-refractivity contribution is 0.162. The summed E-state index contributed by atoms with van der Waals surface area (Å²) in [7, 11) is 0. The molecule has 0 saturated carbocycles. The van der Waals surface area contributed by atoms with Crippen LogP contribution < -0.4 is 0 Å². The Kier molecular flexibility index (Phi) is 8.80. The second-order valence-corrected chi connectivity index (χ2v) is 2.44. The summed E-state index contributed by atoms with van der Waals surface area (Å²) in [5.41, 5.74) is 0.903. The van der Waals surface area contributed by atoms with Gasteiger partial charge in [-0.2, -0.15) is 0 Å². The maximum atomic E-state index is 8.09. The molecule has 0 saturated heterocycles. The zero-order valence-electron chi connectivity index (χ0n) is 8.68. The van der Waals surface area contributed by atoms with Crippen molar-refractivity contribution in [3.63, 3.8) is 0 Å². The standard InChI is InChI=1S/C7H7NO.C4H10O/c9-8-6-7-4-2-1-3-5-7;1-3-5-4-2/h1-6,9H;3-4H2,1-2H3/b8-6-;. The fourth-order valence-corrected chi connectivity index (χ4v) is 0.810. The van der Waals surface area contributed by atoms with Crippen LogP contribution in [0.3, 0.4) is 0 Å². The minimum absolute atomic E-state index is 0.844. The van der Waals surface area contributed by atoms with Crippen LogP contribution in [-0.4, -0.2) is 24.6 Å². The highest BCUT2D eigenvalue weighted by Gasteiger charge is 1.79. The fourth-order valence-electron chi connectivity index (χ4n) is 0.810. The molecule has 3 heteroatoms. The van der Waals surface area contributed by atoms with E-state index in [1.807, 2.05) is 44.2 Å². The monoisotopic (exact) mass is 195 g/mol. The van der Waals surface area contributed by atoms with Crippen LogP contribution in [0.1, 0.15) is 19.4 Å². The van der Waals surface area contributed by atoms with Crippen LogP contribution >= 0.6 is 0 Å². The molecule has 0 aromatic heterocycles. The summed E-state index contributed by atoms with van der Waals surface area (Å²) < 4.78 is 4.83. The van der Waals surface area contributed by atoms with Crippen molar-refractivity contribution in [2.45, 2.75) is 13.8 Å². The summed E-state index contributed by atoms with van der Waals surface area (Å²) in [6.45, 7) is 5.67. The van der Waals surface area contributed by atoms with E-state index in [1.165, 1.54) is 6.21 Å². The zero-order chi connectivity index (χ0) is 10.6. The summed E-state index contributed by atoms with van der Waals surface area (Å²) >= 11 is 0. The minimum atomic E-state index is 0.844. The maximum Gasteiger partial charge on any atom is 0.0733 e. The summed E-state index contributed by atoms with van der Waals surface area (Å²) in [6.07, 6.45) is 1.39. The van der Waals surface area contributed by atoms with E-state index in [9.17, 15) is 0 Å². The quantitative estimate of drug-likeness (QED) is 0.457. The number of nitrogens with zero attached hydrogens (tertiary/aromatic N) is 1. The molecule has 14 heavy (non-hydrogen) atoms. The molecule has 0 amide bonds. The highest BCUT2D eigenvalue weighted by atomic mass is 16.5. The van der Waals surface area contributed by atoms with Crippen molar-refractivity contribution in [2.75, 3.05) is 13.2 Å². The molecule has 0 aliphatic heterocycles. The lowest BCUT2D eigenvalue weighted by Gasteiger charge is -1.86.